The lowest BCUT2D eigenvalue weighted by Gasteiger charge is -2.32. The minimum absolute atomic E-state index is 0.0891. The molecule has 1 saturated heterocycles. The third-order valence-electron chi connectivity index (χ3n) is 4.08. The van der Waals surface area contributed by atoms with E-state index in [-0.39, 0.29) is 11.9 Å². The van der Waals surface area contributed by atoms with E-state index in [2.05, 4.69) is 17.6 Å². The van der Waals surface area contributed by atoms with Crippen molar-refractivity contribution in [1.29, 1.82) is 0 Å². The summed E-state index contributed by atoms with van der Waals surface area (Å²) in [5.41, 5.74) is 3.98. The molecular formula is C19H26ClN3O5S. The molecule has 10 heteroatoms. The Labute approximate surface area is 179 Å². The number of pyridine rings is 1. The topological polar surface area (TPSA) is 138 Å². The molecule has 1 aliphatic rings. The molecule has 1 aromatic heterocycles. The molecular weight excluding hydrogens is 418 g/mol. The van der Waals surface area contributed by atoms with Crippen LogP contribution in [0.1, 0.15) is 32.6 Å². The third-order valence-corrected chi connectivity index (χ3v) is 5.56. The molecule has 0 bridgehead atoms. The number of carboxylic acids is 2. The van der Waals surface area contributed by atoms with Gasteiger partial charge < -0.3 is 25.6 Å². The van der Waals surface area contributed by atoms with Crippen LogP contribution in [-0.2, 0) is 14.4 Å². The van der Waals surface area contributed by atoms with Crippen molar-refractivity contribution in [2.75, 3.05) is 13.1 Å². The molecule has 0 radical (unpaired) electrons. The molecule has 0 aliphatic carbocycles. The number of carbonyl (C=O) groups excluding carboxylic acids is 2. The van der Waals surface area contributed by atoms with Crippen LogP contribution < -0.4 is 10.8 Å². The number of carbonyl (C=O) groups is 3. The van der Waals surface area contributed by atoms with E-state index in [1.54, 1.807) is 17.8 Å². The SMILES string of the molecule is CCCC([NH3+])C(=O)N1CCC(Sc2cccc(Cl)n2)CC1.O=C([O-])/C=C\C(=O)O. The van der Waals surface area contributed by atoms with Crippen molar-refractivity contribution in [2.24, 2.45) is 0 Å². The van der Waals surface area contributed by atoms with Gasteiger partial charge in [0.1, 0.15) is 5.15 Å². The normalized spacial score (nSPS) is 15.5. The van der Waals surface area contributed by atoms with Gasteiger partial charge in [-0.15, -0.1) is 11.8 Å². The number of nitrogens with zero attached hydrogens (tertiary/aromatic N) is 2. The van der Waals surface area contributed by atoms with Crippen molar-refractivity contribution in [3.05, 3.63) is 35.5 Å². The summed E-state index contributed by atoms with van der Waals surface area (Å²) < 4.78 is 0. The highest BCUT2D eigenvalue weighted by Crippen LogP contribution is 2.29. The Balaban J connectivity index is 0.000000447. The zero-order chi connectivity index (χ0) is 21.8. The second-order valence-corrected chi connectivity index (χ2v) is 8.13. The summed E-state index contributed by atoms with van der Waals surface area (Å²) in [7, 11) is 0. The summed E-state index contributed by atoms with van der Waals surface area (Å²) in [4.78, 5) is 37.5. The van der Waals surface area contributed by atoms with Crippen LogP contribution >= 0.6 is 23.4 Å². The number of rotatable bonds is 7. The fourth-order valence-electron chi connectivity index (χ4n) is 2.69. The molecule has 1 aliphatic heterocycles. The Morgan fingerprint density at radius 2 is 2.03 bits per heavy atom. The molecule has 2 rings (SSSR count). The number of halogens is 1. The molecule has 1 atom stereocenters. The molecule has 160 valence electrons. The molecule has 0 saturated carbocycles. The van der Waals surface area contributed by atoms with Gasteiger partial charge in [-0.2, -0.15) is 0 Å². The van der Waals surface area contributed by atoms with E-state index in [1.165, 1.54) is 0 Å². The Morgan fingerprint density at radius 3 is 2.52 bits per heavy atom. The average molecular weight is 444 g/mol. The number of aliphatic carboxylic acids is 2. The summed E-state index contributed by atoms with van der Waals surface area (Å²) in [6.45, 7) is 3.74. The highest BCUT2D eigenvalue weighted by atomic mass is 35.5. The zero-order valence-corrected chi connectivity index (χ0v) is 17.8. The van der Waals surface area contributed by atoms with Gasteiger partial charge in [0.05, 0.1) is 11.0 Å². The first-order chi connectivity index (χ1) is 13.7. The van der Waals surface area contributed by atoms with Crippen LogP contribution in [0.3, 0.4) is 0 Å². The summed E-state index contributed by atoms with van der Waals surface area (Å²) in [5.74, 6) is -2.59. The van der Waals surface area contributed by atoms with E-state index < -0.39 is 11.9 Å². The van der Waals surface area contributed by atoms with Crippen LogP contribution in [0.2, 0.25) is 5.15 Å². The van der Waals surface area contributed by atoms with Crippen LogP contribution in [0.4, 0.5) is 0 Å². The molecule has 1 unspecified atom stereocenters. The van der Waals surface area contributed by atoms with Gasteiger partial charge in [-0.3, -0.25) is 4.79 Å². The lowest BCUT2D eigenvalue weighted by molar-refractivity contribution is -0.407. The highest BCUT2D eigenvalue weighted by Gasteiger charge is 2.28. The predicted molar refractivity (Wildman–Crippen MR) is 108 cm³/mol. The number of amides is 1. The fraction of sp³-hybridized carbons (Fsp3) is 0.474. The van der Waals surface area contributed by atoms with Gasteiger partial charge in [0, 0.05) is 30.8 Å². The Kier molecular flexibility index (Phi) is 11.3. The Morgan fingerprint density at radius 1 is 1.38 bits per heavy atom. The molecule has 1 aromatic rings. The maximum absolute atomic E-state index is 12.2. The first-order valence-corrected chi connectivity index (χ1v) is 10.5. The van der Waals surface area contributed by atoms with Crippen molar-refractivity contribution >= 4 is 41.2 Å². The number of thioether (sulfide) groups is 1. The molecule has 0 spiro atoms. The molecule has 8 nitrogen and oxygen atoms in total. The van der Waals surface area contributed by atoms with Gasteiger partial charge in [-0.05, 0) is 37.5 Å². The number of piperidine rings is 1. The van der Waals surface area contributed by atoms with Crippen LogP contribution in [0.15, 0.2) is 35.4 Å². The minimum atomic E-state index is -1.51. The summed E-state index contributed by atoms with van der Waals surface area (Å²) in [6, 6.07) is 5.61. The number of hydrogen-bond donors (Lipinski definition) is 2. The van der Waals surface area contributed by atoms with Crippen molar-refractivity contribution in [1.82, 2.24) is 9.88 Å². The summed E-state index contributed by atoms with van der Waals surface area (Å²) in [6.07, 6.45) is 4.83. The Hall–Kier alpha value is -2.10. The van der Waals surface area contributed by atoms with E-state index in [0.717, 1.165) is 43.8 Å². The van der Waals surface area contributed by atoms with E-state index in [9.17, 15) is 19.5 Å². The van der Waals surface area contributed by atoms with Gasteiger partial charge in [-0.1, -0.05) is 24.6 Å². The summed E-state index contributed by atoms with van der Waals surface area (Å²) >= 11 is 7.67. The second kappa shape index (κ2) is 13.2. The van der Waals surface area contributed by atoms with Crippen molar-refractivity contribution in [2.45, 2.75) is 48.9 Å². The van der Waals surface area contributed by atoms with E-state index in [1.807, 2.05) is 17.0 Å². The zero-order valence-electron chi connectivity index (χ0n) is 16.3. The van der Waals surface area contributed by atoms with E-state index in [4.69, 9.17) is 16.7 Å². The van der Waals surface area contributed by atoms with Gasteiger partial charge in [0.25, 0.3) is 5.91 Å². The van der Waals surface area contributed by atoms with Crippen LogP contribution in [0, 0.1) is 0 Å². The van der Waals surface area contributed by atoms with Gasteiger partial charge >= 0.3 is 5.97 Å². The third kappa shape index (κ3) is 10.3. The first-order valence-electron chi connectivity index (χ1n) is 9.26. The number of hydrogen-bond acceptors (Lipinski definition) is 6. The second-order valence-electron chi connectivity index (χ2n) is 6.42. The quantitative estimate of drug-likeness (QED) is 0.464. The smallest absolute Gasteiger partial charge is 0.328 e. The lowest BCUT2D eigenvalue weighted by Crippen LogP contribution is -2.68. The minimum Gasteiger partial charge on any atom is -0.545 e. The first kappa shape index (κ1) is 24.9. The largest absolute Gasteiger partial charge is 0.545 e. The maximum Gasteiger partial charge on any atom is 0.328 e. The number of carboxylic acid groups (broad SMARTS) is 2. The van der Waals surface area contributed by atoms with Gasteiger partial charge in [0.15, 0.2) is 6.04 Å². The van der Waals surface area contributed by atoms with E-state index >= 15 is 0 Å². The summed E-state index contributed by atoms with van der Waals surface area (Å²) in [5, 5.41) is 19.2. The highest BCUT2D eigenvalue weighted by molar-refractivity contribution is 7.99. The average Bonchev–Trinajstić information content (AvgIpc) is 2.67. The molecule has 29 heavy (non-hydrogen) atoms. The fourth-order valence-corrected chi connectivity index (χ4v) is 4.00. The van der Waals surface area contributed by atoms with Crippen LogP contribution in [0.5, 0.6) is 0 Å². The Bertz CT molecular complexity index is 708. The number of likely N-dealkylation sites (tertiary alicyclic amines) is 1. The number of quaternary nitrogens is 1. The molecule has 0 aromatic carbocycles. The van der Waals surface area contributed by atoms with Gasteiger partial charge in [0.2, 0.25) is 0 Å². The van der Waals surface area contributed by atoms with E-state index in [0.29, 0.717) is 22.6 Å². The predicted octanol–water partition coefficient (Wildman–Crippen LogP) is 0.606. The lowest BCUT2D eigenvalue weighted by atomic mass is 10.1. The van der Waals surface area contributed by atoms with Crippen LogP contribution in [0.25, 0.3) is 0 Å². The van der Waals surface area contributed by atoms with Crippen LogP contribution in [-0.4, -0.2) is 57.2 Å². The van der Waals surface area contributed by atoms with Gasteiger partial charge in [-0.25, -0.2) is 9.78 Å². The molecule has 2 heterocycles. The maximum atomic E-state index is 12.2. The van der Waals surface area contributed by atoms with Crippen molar-refractivity contribution in [3.63, 3.8) is 0 Å². The van der Waals surface area contributed by atoms with Crippen molar-refractivity contribution in [3.8, 4) is 0 Å². The number of aromatic nitrogens is 1. The molecule has 4 N–H and O–H groups in total. The monoisotopic (exact) mass is 443 g/mol. The molecule has 1 amide bonds. The molecule has 1 fully saturated rings. The van der Waals surface area contributed by atoms with Crippen molar-refractivity contribution < 1.29 is 30.3 Å². The standard InChI is InChI=1S/C15H22ClN3OS.C4H4O4/c1-2-4-12(17)15(20)19-9-7-11(8-10-19)21-14-6-3-5-13(16)18-14;5-3(6)1-2-4(7)8/h3,5-6,11-12H,2,4,7-10,17H2,1H3;1-2H,(H,5,6)(H,7,8)/b;2-1-.